The van der Waals surface area contributed by atoms with Gasteiger partial charge < -0.3 is 10.2 Å². The number of carbonyl (C=O) groups excluding carboxylic acids is 2. The standard InChI is InChI=1S/C17H15ClN2O2/c1-11(21)19-16-13-7-3-5-9-15(13)20(17(16)22)10-12-6-2-4-8-14(12)18/h2-9,16H,10H2,1H3,(H,19,21)/t16-/m1/s1. The molecule has 0 bridgehead atoms. The molecule has 0 radical (unpaired) electrons. The highest BCUT2D eigenvalue weighted by Crippen LogP contribution is 2.37. The van der Waals surface area contributed by atoms with Crippen molar-refractivity contribution < 1.29 is 9.59 Å². The Labute approximate surface area is 133 Å². The molecule has 1 aliphatic rings. The van der Waals surface area contributed by atoms with E-state index in [4.69, 9.17) is 11.6 Å². The van der Waals surface area contributed by atoms with Crippen LogP contribution in [0.25, 0.3) is 0 Å². The third-order valence-electron chi connectivity index (χ3n) is 3.69. The lowest BCUT2D eigenvalue weighted by Gasteiger charge is -2.19. The van der Waals surface area contributed by atoms with Crippen LogP contribution in [0.15, 0.2) is 48.5 Å². The molecule has 1 atom stereocenters. The van der Waals surface area contributed by atoms with E-state index in [0.29, 0.717) is 11.6 Å². The zero-order chi connectivity index (χ0) is 15.7. The summed E-state index contributed by atoms with van der Waals surface area (Å²) in [5.74, 6) is -0.371. The quantitative estimate of drug-likeness (QED) is 0.946. The first-order chi connectivity index (χ1) is 10.6. The van der Waals surface area contributed by atoms with E-state index >= 15 is 0 Å². The van der Waals surface area contributed by atoms with E-state index in [1.165, 1.54) is 6.92 Å². The molecule has 0 spiro atoms. The highest BCUT2D eigenvalue weighted by atomic mass is 35.5. The Morgan fingerprint density at radius 1 is 1.18 bits per heavy atom. The average Bonchev–Trinajstić information content (AvgIpc) is 2.75. The average molecular weight is 315 g/mol. The summed E-state index contributed by atoms with van der Waals surface area (Å²) in [5, 5.41) is 3.34. The lowest BCUT2D eigenvalue weighted by Crippen LogP contribution is -2.36. The second kappa shape index (κ2) is 5.81. The number of fused-ring (bicyclic) bond motifs is 1. The summed E-state index contributed by atoms with van der Waals surface area (Å²) in [7, 11) is 0. The van der Waals surface area contributed by atoms with Crippen molar-refractivity contribution in [3.63, 3.8) is 0 Å². The Morgan fingerprint density at radius 2 is 1.86 bits per heavy atom. The first kappa shape index (κ1) is 14.6. The summed E-state index contributed by atoms with van der Waals surface area (Å²) in [6, 6.07) is 14.3. The molecule has 0 aromatic heterocycles. The number of carbonyl (C=O) groups is 2. The zero-order valence-electron chi connectivity index (χ0n) is 12.0. The molecular weight excluding hydrogens is 300 g/mol. The number of anilines is 1. The van der Waals surface area contributed by atoms with Gasteiger partial charge in [0.1, 0.15) is 6.04 Å². The van der Waals surface area contributed by atoms with Crippen molar-refractivity contribution in [3.8, 4) is 0 Å². The second-order valence-electron chi connectivity index (χ2n) is 5.21. The van der Waals surface area contributed by atoms with E-state index in [9.17, 15) is 9.59 Å². The first-order valence-corrected chi connectivity index (χ1v) is 7.36. The van der Waals surface area contributed by atoms with E-state index < -0.39 is 6.04 Å². The molecule has 2 amide bonds. The van der Waals surface area contributed by atoms with Crippen LogP contribution in [-0.2, 0) is 16.1 Å². The van der Waals surface area contributed by atoms with Gasteiger partial charge >= 0.3 is 0 Å². The van der Waals surface area contributed by atoms with Gasteiger partial charge in [-0.2, -0.15) is 0 Å². The van der Waals surface area contributed by atoms with E-state index in [0.717, 1.165) is 16.8 Å². The van der Waals surface area contributed by atoms with Crippen LogP contribution >= 0.6 is 11.6 Å². The summed E-state index contributed by atoms with van der Waals surface area (Å²) >= 11 is 6.19. The molecule has 0 aliphatic carbocycles. The third-order valence-corrected chi connectivity index (χ3v) is 4.05. The smallest absolute Gasteiger partial charge is 0.254 e. The molecule has 0 saturated carbocycles. The molecule has 112 valence electrons. The number of hydrogen-bond acceptors (Lipinski definition) is 2. The van der Waals surface area contributed by atoms with Crippen LogP contribution < -0.4 is 10.2 Å². The fraction of sp³-hybridized carbons (Fsp3) is 0.176. The van der Waals surface area contributed by atoms with Gasteiger partial charge in [0, 0.05) is 23.2 Å². The Hall–Kier alpha value is -2.33. The number of hydrogen-bond donors (Lipinski definition) is 1. The lowest BCUT2D eigenvalue weighted by atomic mass is 10.1. The summed E-state index contributed by atoms with van der Waals surface area (Å²) in [6.07, 6.45) is 0. The van der Waals surface area contributed by atoms with Crippen LogP contribution in [0.3, 0.4) is 0 Å². The van der Waals surface area contributed by atoms with Gasteiger partial charge in [0.2, 0.25) is 5.91 Å². The minimum Gasteiger partial charge on any atom is -0.341 e. The van der Waals surface area contributed by atoms with Crippen molar-refractivity contribution >= 4 is 29.1 Å². The van der Waals surface area contributed by atoms with Crippen LogP contribution in [0.5, 0.6) is 0 Å². The molecule has 1 heterocycles. The number of para-hydroxylation sites is 1. The minimum atomic E-state index is -0.629. The first-order valence-electron chi connectivity index (χ1n) is 6.98. The van der Waals surface area contributed by atoms with E-state index in [1.54, 1.807) is 11.0 Å². The molecule has 2 aromatic rings. The van der Waals surface area contributed by atoms with Crippen molar-refractivity contribution in [2.24, 2.45) is 0 Å². The van der Waals surface area contributed by atoms with Crippen LogP contribution in [-0.4, -0.2) is 11.8 Å². The number of nitrogens with one attached hydrogen (secondary N) is 1. The number of benzene rings is 2. The number of halogens is 1. The van der Waals surface area contributed by atoms with Gasteiger partial charge in [-0.05, 0) is 17.7 Å². The van der Waals surface area contributed by atoms with E-state index in [1.807, 2.05) is 42.5 Å². The molecule has 2 aromatic carbocycles. The molecule has 1 aliphatic heterocycles. The topological polar surface area (TPSA) is 49.4 Å². The molecule has 1 N–H and O–H groups in total. The van der Waals surface area contributed by atoms with Crippen LogP contribution in [0.4, 0.5) is 5.69 Å². The van der Waals surface area contributed by atoms with Crippen molar-refractivity contribution in [2.45, 2.75) is 19.5 Å². The minimum absolute atomic E-state index is 0.142. The number of nitrogens with zero attached hydrogens (tertiary/aromatic N) is 1. The third kappa shape index (κ3) is 2.57. The number of rotatable bonds is 3. The largest absolute Gasteiger partial charge is 0.341 e. The predicted molar refractivity (Wildman–Crippen MR) is 85.6 cm³/mol. The van der Waals surface area contributed by atoms with Crippen LogP contribution in [0, 0.1) is 0 Å². The molecule has 0 unspecified atom stereocenters. The highest BCUT2D eigenvalue weighted by Gasteiger charge is 2.37. The summed E-state index contributed by atoms with van der Waals surface area (Å²) in [6.45, 7) is 1.79. The normalized spacial score (nSPS) is 16.5. The summed E-state index contributed by atoms with van der Waals surface area (Å²) in [5.41, 5.74) is 2.50. The molecule has 0 fully saturated rings. The highest BCUT2D eigenvalue weighted by molar-refractivity contribution is 6.31. The maximum Gasteiger partial charge on any atom is 0.254 e. The van der Waals surface area contributed by atoms with Gasteiger partial charge in [0.25, 0.3) is 5.91 Å². The maximum atomic E-state index is 12.7. The SMILES string of the molecule is CC(=O)N[C@H]1C(=O)N(Cc2ccccc2Cl)c2ccccc21. The van der Waals surface area contributed by atoms with Crippen LogP contribution in [0.2, 0.25) is 5.02 Å². The molecular formula is C17H15ClN2O2. The molecule has 4 nitrogen and oxygen atoms in total. The Morgan fingerprint density at radius 3 is 2.59 bits per heavy atom. The molecule has 0 saturated heterocycles. The maximum absolute atomic E-state index is 12.7. The van der Waals surface area contributed by atoms with E-state index in [2.05, 4.69) is 5.32 Å². The fourth-order valence-electron chi connectivity index (χ4n) is 2.69. The van der Waals surface area contributed by atoms with Crippen molar-refractivity contribution in [3.05, 3.63) is 64.7 Å². The fourth-order valence-corrected chi connectivity index (χ4v) is 2.88. The molecule has 22 heavy (non-hydrogen) atoms. The summed E-state index contributed by atoms with van der Waals surface area (Å²) < 4.78 is 0. The predicted octanol–water partition coefficient (Wildman–Crippen LogP) is 3.06. The zero-order valence-corrected chi connectivity index (χ0v) is 12.8. The van der Waals surface area contributed by atoms with Crippen molar-refractivity contribution in [1.29, 1.82) is 0 Å². The molecule has 5 heteroatoms. The lowest BCUT2D eigenvalue weighted by molar-refractivity contribution is -0.126. The van der Waals surface area contributed by atoms with Gasteiger partial charge in [-0.3, -0.25) is 9.59 Å². The second-order valence-corrected chi connectivity index (χ2v) is 5.62. The van der Waals surface area contributed by atoms with Gasteiger partial charge in [-0.15, -0.1) is 0 Å². The monoisotopic (exact) mass is 314 g/mol. The van der Waals surface area contributed by atoms with Crippen molar-refractivity contribution in [2.75, 3.05) is 4.90 Å². The van der Waals surface area contributed by atoms with Gasteiger partial charge in [-0.25, -0.2) is 0 Å². The van der Waals surface area contributed by atoms with Gasteiger partial charge in [-0.1, -0.05) is 48.0 Å². The Kier molecular flexibility index (Phi) is 3.86. The Bertz CT molecular complexity index is 745. The van der Waals surface area contributed by atoms with Crippen molar-refractivity contribution in [1.82, 2.24) is 5.32 Å². The Balaban J connectivity index is 1.97. The van der Waals surface area contributed by atoms with Gasteiger partial charge in [0.15, 0.2) is 0 Å². The summed E-state index contributed by atoms with van der Waals surface area (Å²) in [4.78, 5) is 25.7. The van der Waals surface area contributed by atoms with Crippen LogP contribution in [0.1, 0.15) is 24.1 Å². The van der Waals surface area contributed by atoms with E-state index in [-0.39, 0.29) is 11.8 Å². The number of amides is 2. The van der Waals surface area contributed by atoms with Gasteiger partial charge in [0.05, 0.1) is 6.54 Å². The molecule has 3 rings (SSSR count).